The molecule has 1 heterocycles. The van der Waals surface area contributed by atoms with E-state index in [4.69, 9.17) is 4.42 Å². The summed E-state index contributed by atoms with van der Waals surface area (Å²) in [5.74, 6) is 0.657. The zero-order valence-electron chi connectivity index (χ0n) is 11.1. The van der Waals surface area contributed by atoms with Gasteiger partial charge in [0.1, 0.15) is 0 Å². The molecule has 2 atom stereocenters. The van der Waals surface area contributed by atoms with Crippen LogP contribution in [0, 0.1) is 0 Å². The van der Waals surface area contributed by atoms with E-state index < -0.39 is 0 Å². The van der Waals surface area contributed by atoms with Crippen LogP contribution in [0.1, 0.15) is 38.5 Å². The Bertz CT molecular complexity index is 358. The monoisotopic (exact) mass is 270 g/mol. The molecule has 1 fully saturated rings. The van der Waals surface area contributed by atoms with Crippen LogP contribution in [-0.4, -0.2) is 34.3 Å². The van der Waals surface area contributed by atoms with Gasteiger partial charge in [0, 0.05) is 11.3 Å². The smallest absolute Gasteiger partial charge is 0.315 e. The van der Waals surface area contributed by atoms with Gasteiger partial charge in [0.05, 0.1) is 6.54 Å². The van der Waals surface area contributed by atoms with E-state index in [1.807, 2.05) is 11.8 Å². The van der Waals surface area contributed by atoms with Gasteiger partial charge in [-0.3, -0.25) is 0 Å². The molecular weight excluding hydrogens is 248 g/mol. The normalized spacial score (nSPS) is 23.4. The molecule has 0 saturated heterocycles. The molecule has 0 spiro atoms. The number of aromatic nitrogens is 2. The van der Waals surface area contributed by atoms with Gasteiger partial charge in [-0.15, -0.1) is 5.10 Å². The van der Waals surface area contributed by atoms with E-state index in [1.165, 1.54) is 19.3 Å². The Hall–Kier alpha value is -0.750. The Morgan fingerprint density at radius 3 is 3.06 bits per heavy atom. The van der Waals surface area contributed by atoms with Crippen LogP contribution >= 0.6 is 11.8 Å². The van der Waals surface area contributed by atoms with Crippen LogP contribution in [0.15, 0.2) is 4.42 Å². The van der Waals surface area contributed by atoms with E-state index in [9.17, 15) is 0 Å². The van der Waals surface area contributed by atoms with Crippen molar-refractivity contribution in [1.82, 2.24) is 15.5 Å². The van der Waals surface area contributed by atoms with Gasteiger partial charge in [0.15, 0.2) is 0 Å². The van der Waals surface area contributed by atoms with E-state index in [2.05, 4.69) is 34.0 Å². The minimum absolute atomic E-state index is 0.469. The van der Waals surface area contributed by atoms with Crippen molar-refractivity contribution in [2.45, 2.75) is 50.4 Å². The summed E-state index contributed by atoms with van der Waals surface area (Å²) in [6.07, 6.45) is 7.02. The van der Waals surface area contributed by atoms with Crippen LogP contribution in [0.5, 0.6) is 0 Å². The molecule has 2 unspecified atom stereocenters. The molecule has 1 aliphatic rings. The Labute approximate surface area is 112 Å². The largest absolute Gasteiger partial charge is 0.407 e. The molecule has 0 aliphatic heterocycles. The second-order valence-electron chi connectivity index (χ2n) is 4.63. The third-order valence-electron chi connectivity index (χ3n) is 3.23. The minimum atomic E-state index is 0.469. The van der Waals surface area contributed by atoms with Crippen molar-refractivity contribution in [1.29, 1.82) is 0 Å². The van der Waals surface area contributed by atoms with E-state index in [0.717, 1.165) is 13.0 Å². The number of rotatable bonds is 7. The Morgan fingerprint density at radius 2 is 2.28 bits per heavy atom. The zero-order valence-corrected chi connectivity index (χ0v) is 11.9. The standard InChI is InChI=1S/C12H22N4OS/c1-3-7-13-8-11-15-16-12(17-11)14-9-5-4-6-10(9)18-2/h9-10,13H,3-8H2,1-2H3,(H,14,16). The first-order chi connectivity index (χ1) is 8.83. The summed E-state index contributed by atoms with van der Waals surface area (Å²) >= 11 is 1.92. The molecule has 18 heavy (non-hydrogen) atoms. The SMILES string of the molecule is CCCNCc1nnc(NC2CCCC2SC)o1. The highest BCUT2D eigenvalue weighted by atomic mass is 32.2. The molecule has 2 N–H and O–H groups in total. The molecule has 1 aromatic rings. The molecule has 5 nitrogen and oxygen atoms in total. The van der Waals surface area contributed by atoms with Gasteiger partial charge in [-0.05, 0) is 32.1 Å². The fourth-order valence-corrected chi connectivity index (χ4v) is 3.22. The van der Waals surface area contributed by atoms with Crippen molar-refractivity contribution in [2.75, 3.05) is 18.1 Å². The van der Waals surface area contributed by atoms with Crippen LogP contribution in [0.4, 0.5) is 6.01 Å². The van der Waals surface area contributed by atoms with Crippen LogP contribution in [0.3, 0.4) is 0 Å². The second-order valence-corrected chi connectivity index (χ2v) is 5.71. The third-order valence-corrected chi connectivity index (χ3v) is 4.40. The van der Waals surface area contributed by atoms with Crippen molar-refractivity contribution in [3.05, 3.63) is 5.89 Å². The average molecular weight is 270 g/mol. The molecule has 1 aromatic heterocycles. The summed E-state index contributed by atoms with van der Waals surface area (Å²) in [4.78, 5) is 0. The lowest BCUT2D eigenvalue weighted by Crippen LogP contribution is -2.25. The molecule has 1 aliphatic carbocycles. The van der Waals surface area contributed by atoms with Gasteiger partial charge in [-0.1, -0.05) is 18.4 Å². The second kappa shape index (κ2) is 6.99. The molecule has 1 saturated carbocycles. The maximum atomic E-state index is 5.58. The summed E-state index contributed by atoms with van der Waals surface area (Å²) in [5, 5.41) is 15.4. The minimum Gasteiger partial charge on any atom is -0.407 e. The van der Waals surface area contributed by atoms with Crippen molar-refractivity contribution in [3.63, 3.8) is 0 Å². The van der Waals surface area contributed by atoms with Crippen LogP contribution < -0.4 is 10.6 Å². The maximum absolute atomic E-state index is 5.58. The highest BCUT2D eigenvalue weighted by Gasteiger charge is 2.27. The van der Waals surface area contributed by atoms with Gasteiger partial charge >= 0.3 is 6.01 Å². The Kier molecular flexibility index (Phi) is 5.31. The van der Waals surface area contributed by atoms with Crippen LogP contribution in [0.2, 0.25) is 0 Å². The van der Waals surface area contributed by atoms with Crippen molar-refractivity contribution >= 4 is 17.8 Å². The van der Waals surface area contributed by atoms with Gasteiger partial charge in [-0.25, -0.2) is 0 Å². The van der Waals surface area contributed by atoms with Crippen molar-refractivity contribution in [2.24, 2.45) is 0 Å². The van der Waals surface area contributed by atoms with E-state index >= 15 is 0 Å². The predicted octanol–water partition coefficient (Wildman–Crippen LogP) is 2.27. The number of nitrogens with one attached hydrogen (secondary N) is 2. The summed E-state index contributed by atoms with van der Waals surface area (Å²) in [7, 11) is 0. The zero-order chi connectivity index (χ0) is 12.8. The highest BCUT2D eigenvalue weighted by Crippen LogP contribution is 2.30. The Morgan fingerprint density at radius 1 is 1.39 bits per heavy atom. The number of nitrogens with zero attached hydrogens (tertiary/aromatic N) is 2. The molecule has 102 valence electrons. The summed E-state index contributed by atoms with van der Waals surface area (Å²) in [6.45, 7) is 3.76. The van der Waals surface area contributed by atoms with Crippen molar-refractivity contribution in [3.8, 4) is 0 Å². The first-order valence-electron chi connectivity index (χ1n) is 6.66. The van der Waals surface area contributed by atoms with Crippen LogP contribution in [0.25, 0.3) is 0 Å². The highest BCUT2D eigenvalue weighted by molar-refractivity contribution is 7.99. The number of hydrogen-bond acceptors (Lipinski definition) is 6. The first-order valence-corrected chi connectivity index (χ1v) is 7.94. The lowest BCUT2D eigenvalue weighted by atomic mass is 10.2. The van der Waals surface area contributed by atoms with Crippen LogP contribution in [-0.2, 0) is 6.54 Å². The Balaban J connectivity index is 1.82. The maximum Gasteiger partial charge on any atom is 0.315 e. The van der Waals surface area contributed by atoms with Gasteiger partial charge < -0.3 is 15.1 Å². The van der Waals surface area contributed by atoms with Gasteiger partial charge in [0.2, 0.25) is 5.89 Å². The molecular formula is C12H22N4OS. The molecule has 6 heteroatoms. The third kappa shape index (κ3) is 3.62. The lowest BCUT2D eigenvalue weighted by molar-refractivity contribution is 0.473. The quantitative estimate of drug-likeness (QED) is 0.741. The lowest BCUT2D eigenvalue weighted by Gasteiger charge is -2.17. The van der Waals surface area contributed by atoms with Crippen molar-refractivity contribution < 1.29 is 4.42 Å². The summed E-state index contributed by atoms with van der Waals surface area (Å²) in [5.41, 5.74) is 0. The van der Waals surface area contributed by atoms with E-state index in [-0.39, 0.29) is 0 Å². The fourth-order valence-electron chi connectivity index (χ4n) is 2.29. The molecule has 0 amide bonds. The predicted molar refractivity (Wildman–Crippen MR) is 74.9 cm³/mol. The average Bonchev–Trinajstić information content (AvgIpc) is 2.99. The van der Waals surface area contributed by atoms with E-state index in [0.29, 0.717) is 29.7 Å². The number of thioether (sulfide) groups is 1. The van der Waals surface area contributed by atoms with Gasteiger partial charge in [0.25, 0.3) is 0 Å². The molecule has 0 bridgehead atoms. The van der Waals surface area contributed by atoms with Gasteiger partial charge in [-0.2, -0.15) is 11.8 Å². The summed E-state index contributed by atoms with van der Waals surface area (Å²) in [6, 6.07) is 1.03. The molecule has 2 rings (SSSR count). The van der Waals surface area contributed by atoms with E-state index in [1.54, 1.807) is 0 Å². The fraction of sp³-hybridized carbons (Fsp3) is 0.833. The first kappa shape index (κ1) is 13.7. The number of anilines is 1. The molecule has 0 radical (unpaired) electrons. The number of hydrogen-bond donors (Lipinski definition) is 2. The molecule has 0 aromatic carbocycles. The summed E-state index contributed by atoms with van der Waals surface area (Å²) < 4.78 is 5.58. The topological polar surface area (TPSA) is 63.0 Å².